The molecule has 122 valence electrons. The number of nitrogens with zero attached hydrogens (tertiary/aromatic N) is 1. The highest BCUT2D eigenvalue weighted by molar-refractivity contribution is 6.59. The van der Waals surface area contributed by atoms with Crippen LogP contribution in [-0.4, -0.2) is 41.6 Å². The summed E-state index contributed by atoms with van der Waals surface area (Å²) in [6, 6.07) is 2.21. The van der Waals surface area contributed by atoms with Crippen molar-refractivity contribution >= 4 is 35.9 Å². The van der Waals surface area contributed by atoms with Crippen LogP contribution in [0.25, 0.3) is 0 Å². The number of hydrogen-bond acceptors (Lipinski definition) is 6. The number of halogens is 2. The first-order valence-electron chi connectivity index (χ1n) is 7.10. The smallest absolute Gasteiger partial charge is 0.466 e. The minimum atomic E-state index is -1.98. The van der Waals surface area contributed by atoms with Gasteiger partial charge >= 0.3 is 13.1 Å². The second-order valence-electron chi connectivity index (χ2n) is 5.62. The van der Waals surface area contributed by atoms with Crippen LogP contribution in [0.15, 0.2) is 17.3 Å². The van der Waals surface area contributed by atoms with Crippen LogP contribution in [0.3, 0.4) is 0 Å². The first-order valence-corrected chi connectivity index (χ1v) is 7.48. The number of carbonyl (C=O) groups is 1. The highest BCUT2D eigenvalue weighted by Gasteiger charge is 2.59. The summed E-state index contributed by atoms with van der Waals surface area (Å²) in [5.41, 5.74) is -0.797. The molecule has 9 heteroatoms. The molecule has 0 aromatic heterocycles. The molecule has 1 heterocycles. The molecule has 1 fully saturated rings. The van der Waals surface area contributed by atoms with Gasteiger partial charge in [-0.2, -0.15) is 0 Å². The Balaban J connectivity index is 2.04. The Morgan fingerprint density at radius 3 is 2.96 bits per heavy atom. The van der Waals surface area contributed by atoms with Crippen LogP contribution in [0.1, 0.15) is 24.8 Å². The molecule has 1 aromatic rings. The summed E-state index contributed by atoms with van der Waals surface area (Å²) in [6.07, 6.45) is 1.84. The number of hydrogen-bond donors (Lipinski definition) is 2. The highest BCUT2D eigenvalue weighted by atomic mass is 35.5. The van der Waals surface area contributed by atoms with Gasteiger partial charge in [-0.05, 0) is 25.0 Å². The quantitative estimate of drug-likeness (QED) is 0.621. The standard InChI is InChI=1S/C14H14BClFNO5/c1-22-13(19)14-4-2-3-8(14)12(18-23-14)7-5-9(15(20)21)11(17)6-10(7)16/h5-6,8,20-21H,2-4H2,1H3. The molecule has 2 aliphatic rings. The van der Waals surface area contributed by atoms with Crippen LogP contribution in [-0.2, 0) is 14.4 Å². The van der Waals surface area contributed by atoms with Crippen LogP contribution in [0.4, 0.5) is 4.39 Å². The molecule has 1 aliphatic heterocycles. The number of methoxy groups -OCH3 is 1. The van der Waals surface area contributed by atoms with Gasteiger partial charge in [-0.15, -0.1) is 0 Å². The number of fused-ring (bicyclic) bond motifs is 1. The fourth-order valence-electron chi connectivity index (χ4n) is 3.29. The van der Waals surface area contributed by atoms with Crippen molar-refractivity contribution in [2.45, 2.75) is 24.9 Å². The Labute approximate surface area is 137 Å². The van der Waals surface area contributed by atoms with Gasteiger partial charge in [-0.25, -0.2) is 9.18 Å². The molecule has 23 heavy (non-hydrogen) atoms. The summed E-state index contributed by atoms with van der Waals surface area (Å²) >= 11 is 6.08. The highest BCUT2D eigenvalue weighted by Crippen LogP contribution is 2.46. The van der Waals surface area contributed by atoms with Gasteiger partial charge in [0.1, 0.15) is 5.82 Å². The summed E-state index contributed by atoms with van der Waals surface area (Å²) in [5, 5.41) is 22.5. The molecule has 2 N–H and O–H groups in total. The van der Waals surface area contributed by atoms with Crippen molar-refractivity contribution in [1.82, 2.24) is 0 Å². The normalized spacial score (nSPS) is 25.6. The van der Waals surface area contributed by atoms with E-state index >= 15 is 0 Å². The number of rotatable bonds is 3. The molecular formula is C14H14BClFNO5. The molecule has 1 aromatic carbocycles. The zero-order valence-electron chi connectivity index (χ0n) is 12.3. The summed E-state index contributed by atoms with van der Waals surface area (Å²) in [7, 11) is -0.707. The zero-order valence-corrected chi connectivity index (χ0v) is 13.0. The van der Waals surface area contributed by atoms with E-state index in [1.54, 1.807) is 0 Å². The maximum Gasteiger partial charge on any atom is 0.491 e. The predicted molar refractivity (Wildman–Crippen MR) is 80.9 cm³/mol. The van der Waals surface area contributed by atoms with E-state index in [1.165, 1.54) is 13.2 Å². The lowest BCUT2D eigenvalue weighted by Crippen LogP contribution is -2.44. The Morgan fingerprint density at radius 2 is 2.30 bits per heavy atom. The Kier molecular flexibility index (Phi) is 4.08. The van der Waals surface area contributed by atoms with Crippen LogP contribution in [0.5, 0.6) is 0 Å². The van der Waals surface area contributed by atoms with Gasteiger partial charge in [0.25, 0.3) is 0 Å². The SMILES string of the molecule is COC(=O)C12CCCC1C(c1cc(B(O)O)c(F)cc1Cl)=NO2. The third kappa shape index (κ3) is 2.41. The van der Waals surface area contributed by atoms with Crippen molar-refractivity contribution in [3.05, 3.63) is 28.5 Å². The van der Waals surface area contributed by atoms with Crippen molar-refractivity contribution in [2.24, 2.45) is 11.1 Å². The largest absolute Gasteiger partial charge is 0.491 e. The summed E-state index contributed by atoms with van der Waals surface area (Å²) in [4.78, 5) is 17.5. The number of carbonyl (C=O) groups excluding carboxylic acids is 1. The lowest BCUT2D eigenvalue weighted by molar-refractivity contribution is -0.168. The van der Waals surface area contributed by atoms with E-state index in [1.807, 2.05) is 0 Å². The van der Waals surface area contributed by atoms with E-state index in [-0.39, 0.29) is 16.4 Å². The van der Waals surface area contributed by atoms with Gasteiger partial charge in [0, 0.05) is 17.4 Å². The van der Waals surface area contributed by atoms with Crippen molar-refractivity contribution in [3.8, 4) is 0 Å². The van der Waals surface area contributed by atoms with Crippen molar-refractivity contribution in [2.75, 3.05) is 7.11 Å². The van der Waals surface area contributed by atoms with Gasteiger partial charge in [-0.1, -0.05) is 16.8 Å². The van der Waals surface area contributed by atoms with Gasteiger partial charge in [-0.3, -0.25) is 0 Å². The van der Waals surface area contributed by atoms with Crippen molar-refractivity contribution in [3.63, 3.8) is 0 Å². The van der Waals surface area contributed by atoms with E-state index in [0.29, 0.717) is 24.1 Å². The Hall–Kier alpha value is -1.64. The second-order valence-corrected chi connectivity index (χ2v) is 6.03. The number of benzene rings is 1. The average Bonchev–Trinajstić information content (AvgIpc) is 3.06. The van der Waals surface area contributed by atoms with E-state index in [4.69, 9.17) is 21.2 Å². The van der Waals surface area contributed by atoms with Gasteiger partial charge in [0.05, 0.1) is 23.8 Å². The molecule has 6 nitrogen and oxygen atoms in total. The van der Waals surface area contributed by atoms with E-state index in [2.05, 4.69) is 5.16 Å². The maximum atomic E-state index is 13.7. The number of oxime groups is 1. The predicted octanol–water partition coefficient (Wildman–Crippen LogP) is 0.605. The zero-order chi connectivity index (χ0) is 16.8. The minimum absolute atomic E-state index is 0.0572. The van der Waals surface area contributed by atoms with Gasteiger partial charge < -0.3 is 19.6 Å². The summed E-state index contributed by atoms with van der Waals surface area (Å²) in [6.45, 7) is 0. The Morgan fingerprint density at radius 1 is 1.57 bits per heavy atom. The average molecular weight is 342 g/mol. The summed E-state index contributed by atoms with van der Waals surface area (Å²) < 4.78 is 18.6. The van der Waals surface area contributed by atoms with Gasteiger partial charge in [0.15, 0.2) is 0 Å². The number of esters is 1. The summed E-state index contributed by atoms with van der Waals surface area (Å²) in [5.74, 6) is -1.72. The first-order chi connectivity index (χ1) is 10.9. The molecule has 3 rings (SSSR count). The van der Waals surface area contributed by atoms with E-state index < -0.39 is 24.5 Å². The Bertz CT molecular complexity index is 698. The minimum Gasteiger partial charge on any atom is -0.466 e. The van der Waals surface area contributed by atoms with E-state index in [0.717, 1.165) is 12.5 Å². The lowest BCUT2D eigenvalue weighted by Gasteiger charge is -2.23. The van der Waals surface area contributed by atoms with Crippen molar-refractivity contribution < 1.29 is 28.8 Å². The molecule has 2 atom stereocenters. The molecule has 2 unspecified atom stereocenters. The molecule has 0 radical (unpaired) electrons. The van der Waals surface area contributed by atoms with E-state index in [9.17, 15) is 19.2 Å². The van der Waals surface area contributed by atoms with Crippen LogP contribution < -0.4 is 5.46 Å². The fraction of sp³-hybridized carbons (Fsp3) is 0.429. The van der Waals surface area contributed by atoms with Crippen molar-refractivity contribution in [1.29, 1.82) is 0 Å². The molecule has 0 saturated heterocycles. The molecule has 0 spiro atoms. The monoisotopic (exact) mass is 341 g/mol. The fourth-order valence-corrected chi connectivity index (χ4v) is 3.54. The molecule has 1 saturated carbocycles. The molecule has 0 bridgehead atoms. The third-order valence-electron chi connectivity index (χ3n) is 4.41. The lowest BCUT2D eigenvalue weighted by atomic mass is 9.77. The van der Waals surface area contributed by atoms with Crippen LogP contribution >= 0.6 is 11.6 Å². The molecule has 1 aliphatic carbocycles. The third-order valence-corrected chi connectivity index (χ3v) is 4.72. The molecular weight excluding hydrogens is 327 g/mol. The molecule has 0 amide bonds. The second kappa shape index (κ2) is 5.77. The first kappa shape index (κ1) is 16.2. The maximum absolute atomic E-state index is 13.7. The number of ether oxygens (including phenoxy) is 1. The van der Waals surface area contributed by atoms with Gasteiger partial charge in [0.2, 0.25) is 5.60 Å². The topological polar surface area (TPSA) is 88.4 Å². The van der Waals surface area contributed by atoms with Crippen LogP contribution in [0.2, 0.25) is 5.02 Å². The van der Waals surface area contributed by atoms with Crippen LogP contribution in [0, 0.1) is 11.7 Å².